The van der Waals surface area contributed by atoms with E-state index in [9.17, 15) is 4.39 Å². The van der Waals surface area contributed by atoms with Gasteiger partial charge in [-0.25, -0.2) is 9.37 Å². The van der Waals surface area contributed by atoms with Crippen molar-refractivity contribution in [1.82, 2.24) is 15.6 Å². The highest BCUT2D eigenvalue weighted by atomic mass is 35.5. The van der Waals surface area contributed by atoms with Crippen molar-refractivity contribution in [2.24, 2.45) is 0 Å². The highest BCUT2D eigenvalue weighted by Gasteiger charge is 2.26. The molecular weight excluding hydrogens is 347 g/mol. The lowest BCUT2D eigenvalue weighted by Gasteiger charge is -2.32. The van der Waals surface area contributed by atoms with Crippen LogP contribution in [0, 0.1) is 0 Å². The molecule has 2 aliphatic heterocycles. The highest BCUT2D eigenvalue weighted by molar-refractivity contribution is 7.22. The van der Waals surface area contributed by atoms with Crippen LogP contribution in [0.15, 0.2) is 18.2 Å². The SMILES string of the molecule is F[C@@H]1CN[C@H](CNC2CCN(c3nc4ccc(Cl)cc4s3)CC2)C1. The molecule has 1 aromatic heterocycles. The number of alkyl halides is 1. The van der Waals surface area contributed by atoms with E-state index in [1.807, 2.05) is 18.2 Å². The summed E-state index contributed by atoms with van der Waals surface area (Å²) in [6.45, 7) is 3.39. The molecule has 3 heterocycles. The maximum Gasteiger partial charge on any atom is 0.186 e. The van der Waals surface area contributed by atoms with Crippen LogP contribution >= 0.6 is 22.9 Å². The van der Waals surface area contributed by atoms with Crippen molar-refractivity contribution in [2.75, 3.05) is 31.1 Å². The first-order valence-corrected chi connectivity index (χ1v) is 9.79. The number of halogens is 2. The fourth-order valence-corrected chi connectivity index (χ4v) is 4.82. The van der Waals surface area contributed by atoms with Gasteiger partial charge < -0.3 is 15.5 Å². The summed E-state index contributed by atoms with van der Waals surface area (Å²) in [5, 5.41) is 8.68. The number of aromatic nitrogens is 1. The molecule has 1 aromatic carbocycles. The third-order valence-electron chi connectivity index (χ3n) is 4.93. The molecule has 2 aliphatic rings. The monoisotopic (exact) mass is 368 g/mol. The molecule has 130 valence electrons. The minimum absolute atomic E-state index is 0.284. The number of piperidine rings is 1. The second-order valence-corrected chi connectivity index (χ2v) is 8.16. The Morgan fingerprint density at radius 2 is 2.21 bits per heavy atom. The van der Waals surface area contributed by atoms with Gasteiger partial charge in [-0.15, -0.1) is 0 Å². The zero-order valence-electron chi connectivity index (χ0n) is 13.5. The quantitative estimate of drug-likeness (QED) is 0.869. The molecule has 0 saturated carbocycles. The number of nitrogens with one attached hydrogen (secondary N) is 2. The minimum Gasteiger partial charge on any atom is -0.348 e. The van der Waals surface area contributed by atoms with Gasteiger partial charge in [-0.2, -0.15) is 0 Å². The van der Waals surface area contributed by atoms with Crippen LogP contribution in [0.3, 0.4) is 0 Å². The molecule has 0 bridgehead atoms. The Kier molecular flexibility index (Phi) is 4.90. The van der Waals surface area contributed by atoms with Gasteiger partial charge in [-0.3, -0.25) is 0 Å². The van der Waals surface area contributed by atoms with Crippen LogP contribution in [-0.4, -0.2) is 49.4 Å². The molecule has 24 heavy (non-hydrogen) atoms. The average Bonchev–Trinajstić information content (AvgIpc) is 3.19. The number of hydrogen-bond acceptors (Lipinski definition) is 5. The van der Waals surface area contributed by atoms with Gasteiger partial charge in [-0.05, 0) is 37.5 Å². The molecule has 2 atom stereocenters. The topological polar surface area (TPSA) is 40.2 Å². The number of hydrogen-bond donors (Lipinski definition) is 2. The van der Waals surface area contributed by atoms with E-state index in [0.717, 1.165) is 52.8 Å². The van der Waals surface area contributed by atoms with E-state index >= 15 is 0 Å². The van der Waals surface area contributed by atoms with Crippen LogP contribution in [0.1, 0.15) is 19.3 Å². The van der Waals surface area contributed by atoms with E-state index in [2.05, 4.69) is 15.5 Å². The maximum absolute atomic E-state index is 13.2. The van der Waals surface area contributed by atoms with Crippen molar-refractivity contribution >= 4 is 38.3 Å². The lowest BCUT2D eigenvalue weighted by molar-refractivity contribution is 0.347. The number of fused-ring (bicyclic) bond motifs is 1. The molecule has 2 N–H and O–H groups in total. The normalized spacial score (nSPS) is 25.7. The molecule has 0 amide bonds. The zero-order valence-corrected chi connectivity index (χ0v) is 15.0. The van der Waals surface area contributed by atoms with Crippen molar-refractivity contribution in [1.29, 1.82) is 0 Å². The molecule has 0 unspecified atom stereocenters. The van der Waals surface area contributed by atoms with Gasteiger partial charge >= 0.3 is 0 Å². The fraction of sp³-hybridized carbons (Fsp3) is 0.588. The second-order valence-electron chi connectivity index (χ2n) is 6.72. The number of thiazole rings is 1. The summed E-state index contributed by atoms with van der Waals surface area (Å²) >= 11 is 7.77. The van der Waals surface area contributed by atoms with Gasteiger partial charge in [0, 0.05) is 43.3 Å². The fourth-order valence-electron chi connectivity index (χ4n) is 3.53. The summed E-state index contributed by atoms with van der Waals surface area (Å²) in [4.78, 5) is 7.10. The lowest BCUT2D eigenvalue weighted by Crippen LogP contribution is -2.46. The summed E-state index contributed by atoms with van der Waals surface area (Å²) in [7, 11) is 0. The van der Waals surface area contributed by atoms with Crippen molar-refractivity contribution in [2.45, 2.75) is 37.5 Å². The predicted molar refractivity (Wildman–Crippen MR) is 99.2 cm³/mol. The Morgan fingerprint density at radius 1 is 1.38 bits per heavy atom. The van der Waals surface area contributed by atoms with Crippen LogP contribution in [0.4, 0.5) is 9.52 Å². The molecule has 2 aromatic rings. The van der Waals surface area contributed by atoms with Crippen LogP contribution in [0.25, 0.3) is 10.2 Å². The van der Waals surface area contributed by atoms with Crippen molar-refractivity contribution in [3.8, 4) is 0 Å². The molecule has 7 heteroatoms. The van der Waals surface area contributed by atoms with E-state index in [0.29, 0.717) is 19.0 Å². The number of rotatable bonds is 4. The molecule has 0 spiro atoms. The Hall–Kier alpha value is -0.950. The third kappa shape index (κ3) is 3.67. The molecular formula is C17H22ClFN4S. The van der Waals surface area contributed by atoms with Crippen molar-refractivity contribution < 1.29 is 4.39 Å². The maximum atomic E-state index is 13.2. The van der Waals surface area contributed by atoms with E-state index < -0.39 is 6.17 Å². The summed E-state index contributed by atoms with van der Waals surface area (Å²) in [6, 6.07) is 6.66. The van der Waals surface area contributed by atoms with Gasteiger partial charge in [0.15, 0.2) is 5.13 Å². The summed E-state index contributed by atoms with van der Waals surface area (Å²) in [5.74, 6) is 0. The molecule has 2 fully saturated rings. The Morgan fingerprint density at radius 3 is 2.96 bits per heavy atom. The number of anilines is 1. The molecule has 4 nitrogen and oxygen atoms in total. The Labute approximate surface area is 150 Å². The van der Waals surface area contributed by atoms with E-state index in [4.69, 9.17) is 16.6 Å². The smallest absolute Gasteiger partial charge is 0.186 e. The second kappa shape index (κ2) is 7.12. The number of benzene rings is 1. The summed E-state index contributed by atoms with van der Waals surface area (Å²) < 4.78 is 14.3. The van der Waals surface area contributed by atoms with Gasteiger partial charge in [0.05, 0.1) is 10.2 Å². The van der Waals surface area contributed by atoms with Crippen LogP contribution in [0.2, 0.25) is 5.02 Å². The zero-order chi connectivity index (χ0) is 16.5. The number of nitrogens with zero attached hydrogens (tertiary/aromatic N) is 2. The standard InChI is InChI=1S/C17H22ClFN4S/c18-11-1-2-15-16(7-11)24-17(22-15)23-5-3-13(4-6-23)21-10-14-8-12(19)9-20-14/h1-2,7,12-14,20-21H,3-6,8-10H2/t12-,14-/m0/s1. The first-order valence-electron chi connectivity index (χ1n) is 8.59. The van der Waals surface area contributed by atoms with E-state index in [1.165, 1.54) is 0 Å². The van der Waals surface area contributed by atoms with Crippen molar-refractivity contribution in [3.05, 3.63) is 23.2 Å². The Balaban J connectivity index is 1.30. The first kappa shape index (κ1) is 16.5. The molecule has 0 aliphatic carbocycles. The predicted octanol–water partition coefficient (Wildman–Crippen LogP) is 3.21. The highest BCUT2D eigenvalue weighted by Crippen LogP contribution is 2.32. The lowest BCUT2D eigenvalue weighted by atomic mass is 10.0. The largest absolute Gasteiger partial charge is 0.348 e. The molecule has 0 radical (unpaired) electrons. The van der Waals surface area contributed by atoms with Gasteiger partial charge in [0.25, 0.3) is 0 Å². The summed E-state index contributed by atoms with van der Waals surface area (Å²) in [5.41, 5.74) is 1.02. The Bertz CT molecular complexity index is 701. The van der Waals surface area contributed by atoms with E-state index in [1.54, 1.807) is 11.3 Å². The van der Waals surface area contributed by atoms with Crippen molar-refractivity contribution in [3.63, 3.8) is 0 Å². The molecule has 2 saturated heterocycles. The van der Waals surface area contributed by atoms with Gasteiger partial charge in [-0.1, -0.05) is 22.9 Å². The van der Waals surface area contributed by atoms with Crippen LogP contribution in [0.5, 0.6) is 0 Å². The first-order chi connectivity index (χ1) is 11.7. The van der Waals surface area contributed by atoms with Crippen LogP contribution < -0.4 is 15.5 Å². The van der Waals surface area contributed by atoms with Gasteiger partial charge in [0.2, 0.25) is 0 Å². The van der Waals surface area contributed by atoms with Gasteiger partial charge in [0.1, 0.15) is 6.17 Å². The average molecular weight is 369 g/mol. The van der Waals surface area contributed by atoms with E-state index in [-0.39, 0.29) is 6.04 Å². The molecule has 4 rings (SSSR count). The summed E-state index contributed by atoms with van der Waals surface area (Å²) in [6.07, 6.45) is 2.16. The minimum atomic E-state index is -0.675. The van der Waals surface area contributed by atoms with Crippen LogP contribution in [-0.2, 0) is 0 Å². The third-order valence-corrected chi connectivity index (χ3v) is 6.24.